The van der Waals surface area contributed by atoms with Crippen molar-refractivity contribution in [1.82, 2.24) is 4.57 Å². The van der Waals surface area contributed by atoms with E-state index in [1.807, 2.05) is 66.0 Å². The minimum atomic E-state index is -0.662. The molecule has 0 radical (unpaired) electrons. The predicted molar refractivity (Wildman–Crippen MR) is 150 cm³/mol. The van der Waals surface area contributed by atoms with Crippen LogP contribution in [0.4, 0.5) is 11.4 Å². The van der Waals surface area contributed by atoms with Crippen LogP contribution in [0.3, 0.4) is 0 Å². The van der Waals surface area contributed by atoms with Gasteiger partial charge in [0.1, 0.15) is 10.6 Å². The second-order valence-electron chi connectivity index (χ2n) is 8.64. The number of halogens is 1. The summed E-state index contributed by atoms with van der Waals surface area (Å²) in [6, 6.07) is 17.9. The van der Waals surface area contributed by atoms with Gasteiger partial charge in [0.2, 0.25) is 0 Å². The molecule has 1 N–H and O–H groups in total. The number of nitrogens with one attached hydrogen (secondary N) is 1. The molecule has 1 atom stereocenters. The molecular weight excluding hydrogens is 572 g/mol. The highest BCUT2D eigenvalue weighted by molar-refractivity contribution is 9.10. The lowest BCUT2D eigenvalue weighted by atomic mass is 10.0. The molecule has 0 fully saturated rings. The second-order valence-corrected chi connectivity index (χ2v) is 11.5. The Hall–Kier alpha value is -3.60. The van der Waals surface area contributed by atoms with E-state index in [4.69, 9.17) is 0 Å². The van der Waals surface area contributed by atoms with Crippen molar-refractivity contribution in [2.24, 2.45) is 4.99 Å². The van der Waals surface area contributed by atoms with E-state index in [1.54, 1.807) is 23.4 Å². The molecule has 2 aliphatic heterocycles. The number of fused-ring (bicyclic) bond motifs is 2. The summed E-state index contributed by atoms with van der Waals surface area (Å²) in [5.41, 5.74) is 3.02. The van der Waals surface area contributed by atoms with Gasteiger partial charge < -0.3 is 10.2 Å². The monoisotopic (exact) mass is 590 g/mol. The SMILES string of the molecule is CC1=C(C(=O)Nc2ccccc2)[C@@H](c2cccs2)n2c(s/c(=C3\C(=O)N(C)c4ccc(Br)cc43)c2=O)=N1. The summed E-state index contributed by atoms with van der Waals surface area (Å²) in [5.74, 6) is -0.571. The topological polar surface area (TPSA) is 83.8 Å². The van der Waals surface area contributed by atoms with Crippen LogP contribution >= 0.6 is 38.6 Å². The summed E-state index contributed by atoms with van der Waals surface area (Å²) < 4.78 is 2.67. The number of carbonyl (C=O) groups excluding carboxylic acids is 2. The normalized spacial score (nSPS) is 18.0. The molecule has 37 heavy (non-hydrogen) atoms. The molecule has 0 bridgehead atoms. The summed E-state index contributed by atoms with van der Waals surface area (Å²) in [5, 5.41) is 4.86. The fraction of sp³-hybridized carbons (Fsp3) is 0.111. The van der Waals surface area contributed by atoms with Crippen molar-refractivity contribution in [2.75, 3.05) is 17.3 Å². The predicted octanol–water partition coefficient (Wildman–Crippen LogP) is 4.04. The second kappa shape index (κ2) is 9.05. The number of rotatable bonds is 3. The maximum Gasteiger partial charge on any atom is 0.272 e. The van der Waals surface area contributed by atoms with Gasteiger partial charge in [0.15, 0.2) is 4.80 Å². The third-order valence-corrected chi connectivity index (χ3v) is 8.89. The molecule has 2 aromatic carbocycles. The van der Waals surface area contributed by atoms with Gasteiger partial charge in [-0.3, -0.25) is 19.0 Å². The number of thiophene rings is 1. The Bertz CT molecular complexity index is 1800. The number of amides is 2. The molecule has 184 valence electrons. The first-order valence-corrected chi connectivity index (χ1v) is 13.9. The Kier molecular flexibility index (Phi) is 5.82. The highest BCUT2D eigenvalue weighted by Gasteiger charge is 2.36. The van der Waals surface area contributed by atoms with E-state index in [0.29, 0.717) is 37.4 Å². The summed E-state index contributed by atoms with van der Waals surface area (Å²) >= 11 is 6.13. The third-order valence-electron chi connectivity index (χ3n) is 6.42. The average molecular weight is 592 g/mol. The van der Waals surface area contributed by atoms with Gasteiger partial charge in [-0.1, -0.05) is 51.5 Å². The number of thiazole rings is 1. The van der Waals surface area contributed by atoms with Crippen LogP contribution in [0.15, 0.2) is 91.6 Å². The van der Waals surface area contributed by atoms with Crippen molar-refractivity contribution in [3.8, 4) is 0 Å². The van der Waals surface area contributed by atoms with E-state index in [0.717, 1.165) is 15.0 Å². The number of nitrogens with zero attached hydrogens (tertiary/aromatic N) is 3. The van der Waals surface area contributed by atoms with Gasteiger partial charge in [0.25, 0.3) is 17.4 Å². The van der Waals surface area contributed by atoms with E-state index >= 15 is 0 Å². The molecule has 7 nitrogen and oxygen atoms in total. The Morgan fingerprint density at radius 3 is 2.59 bits per heavy atom. The Labute approximate surface area is 227 Å². The highest BCUT2D eigenvalue weighted by atomic mass is 79.9. The molecule has 0 saturated carbocycles. The first-order valence-electron chi connectivity index (χ1n) is 11.4. The zero-order valence-electron chi connectivity index (χ0n) is 19.7. The summed E-state index contributed by atoms with van der Waals surface area (Å²) in [6.45, 7) is 1.78. The van der Waals surface area contributed by atoms with Gasteiger partial charge in [-0.15, -0.1) is 11.3 Å². The van der Waals surface area contributed by atoms with Gasteiger partial charge in [0.05, 0.1) is 22.5 Å². The molecule has 4 aromatic rings. The lowest BCUT2D eigenvalue weighted by Gasteiger charge is -2.24. The van der Waals surface area contributed by atoms with Crippen LogP contribution in [0, 0.1) is 0 Å². The standard InChI is InChI=1S/C27H19BrN4O3S2/c1-14-20(24(33)30-16-7-4-3-5-8-16)22(19-9-6-12-36-19)32-26(35)23(37-27(32)29-14)21-17-13-15(28)10-11-18(17)31(2)25(21)34/h3-13,22H,1-2H3,(H,30,33)/b23-21-/t22-/m1/s1. The molecule has 2 aliphatic rings. The molecule has 10 heteroatoms. The smallest absolute Gasteiger partial charge is 0.272 e. The molecule has 0 unspecified atom stereocenters. The van der Waals surface area contributed by atoms with Gasteiger partial charge in [-0.2, -0.15) is 0 Å². The fourth-order valence-corrected chi connectivity index (χ4v) is 7.03. The number of anilines is 2. The minimum absolute atomic E-state index is 0.246. The number of likely N-dealkylation sites (N-methyl/N-ethyl adjacent to an activating group) is 1. The molecule has 2 amide bonds. The Balaban J connectivity index is 1.58. The Morgan fingerprint density at radius 1 is 1.08 bits per heavy atom. The molecule has 0 spiro atoms. The van der Waals surface area contributed by atoms with E-state index in [9.17, 15) is 14.4 Å². The van der Waals surface area contributed by atoms with Crippen molar-refractivity contribution >= 4 is 67.4 Å². The quantitative estimate of drug-likeness (QED) is 0.391. The van der Waals surface area contributed by atoms with Gasteiger partial charge in [-0.25, -0.2) is 4.99 Å². The zero-order valence-corrected chi connectivity index (χ0v) is 22.9. The molecule has 0 saturated heterocycles. The molecule has 4 heterocycles. The van der Waals surface area contributed by atoms with Gasteiger partial charge >= 0.3 is 0 Å². The average Bonchev–Trinajstić information content (AvgIpc) is 3.57. The zero-order chi connectivity index (χ0) is 25.8. The van der Waals surface area contributed by atoms with Crippen molar-refractivity contribution < 1.29 is 9.59 Å². The lowest BCUT2D eigenvalue weighted by molar-refractivity contribution is -0.113. The third kappa shape index (κ3) is 3.83. The van der Waals surface area contributed by atoms with E-state index < -0.39 is 6.04 Å². The number of benzene rings is 2. The first kappa shape index (κ1) is 23.8. The summed E-state index contributed by atoms with van der Waals surface area (Å²) in [6.07, 6.45) is 0. The van der Waals surface area contributed by atoms with Crippen molar-refractivity contribution in [2.45, 2.75) is 13.0 Å². The maximum absolute atomic E-state index is 14.0. The number of aromatic nitrogens is 1. The van der Waals surface area contributed by atoms with E-state index in [-0.39, 0.29) is 17.4 Å². The maximum atomic E-state index is 14.0. The van der Waals surface area contributed by atoms with Crippen molar-refractivity contribution in [3.05, 3.63) is 112 Å². The first-order chi connectivity index (χ1) is 17.8. The largest absolute Gasteiger partial charge is 0.322 e. The van der Waals surface area contributed by atoms with Crippen LogP contribution < -0.4 is 25.1 Å². The van der Waals surface area contributed by atoms with E-state index in [1.165, 1.54) is 22.7 Å². The number of hydrogen-bond acceptors (Lipinski definition) is 6. The molecule has 2 aromatic heterocycles. The lowest BCUT2D eigenvalue weighted by Crippen LogP contribution is -2.41. The summed E-state index contributed by atoms with van der Waals surface area (Å²) in [4.78, 5) is 48.4. The van der Waals surface area contributed by atoms with Crippen LogP contribution in [-0.2, 0) is 9.59 Å². The van der Waals surface area contributed by atoms with Crippen LogP contribution in [0.25, 0.3) is 5.57 Å². The fourth-order valence-electron chi connectivity index (χ4n) is 4.71. The van der Waals surface area contributed by atoms with Crippen LogP contribution in [0.2, 0.25) is 0 Å². The number of hydrogen-bond donors (Lipinski definition) is 1. The molecule has 6 rings (SSSR count). The van der Waals surface area contributed by atoms with Gasteiger partial charge in [-0.05, 0) is 48.7 Å². The molecule has 0 aliphatic carbocycles. The Morgan fingerprint density at radius 2 is 1.86 bits per heavy atom. The number of carbonyl (C=O) groups is 2. The van der Waals surface area contributed by atoms with E-state index in [2.05, 4.69) is 26.2 Å². The minimum Gasteiger partial charge on any atom is -0.322 e. The van der Waals surface area contributed by atoms with Crippen LogP contribution in [-0.4, -0.2) is 23.4 Å². The van der Waals surface area contributed by atoms with Crippen LogP contribution in [0.1, 0.15) is 23.4 Å². The van der Waals surface area contributed by atoms with Crippen LogP contribution in [0.5, 0.6) is 0 Å². The van der Waals surface area contributed by atoms with Crippen molar-refractivity contribution in [1.29, 1.82) is 0 Å². The molecular formula is C27H19BrN4O3S2. The van der Waals surface area contributed by atoms with Gasteiger partial charge in [0, 0.05) is 27.6 Å². The van der Waals surface area contributed by atoms with Crippen molar-refractivity contribution in [3.63, 3.8) is 0 Å². The number of para-hydroxylation sites is 1. The number of allylic oxidation sites excluding steroid dienone is 1. The highest BCUT2D eigenvalue weighted by Crippen LogP contribution is 2.37. The summed E-state index contributed by atoms with van der Waals surface area (Å²) in [7, 11) is 1.70.